The van der Waals surface area contributed by atoms with E-state index in [9.17, 15) is 9.90 Å². The fourth-order valence-corrected chi connectivity index (χ4v) is 2.78. The third kappa shape index (κ3) is 5.07. The molecule has 0 spiro atoms. The summed E-state index contributed by atoms with van der Waals surface area (Å²) in [5.74, 6) is 0.0824. The highest BCUT2D eigenvalue weighted by molar-refractivity contribution is 5.88. The van der Waals surface area contributed by atoms with E-state index in [1.165, 1.54) is 11.8 Å². The molecule has 0 bridgehead atoms. The number of ether oxygens (including phenoxy) is 1. The van der Waals surface area contributed by atoms with Crippen LogP contribution < -0.4 is 9.64 Å². The zero-order chi connectivity index (χ0) is 19.9. The number of nitrogens with zero attached hydrogens (tertiary/aromatic N) is 3. The van der Waals surface area contributed by atoms with Crippen LogP contribution in [-0.4, -0.2) is 34.6 Å². The van der Waals surface area contributed by atoms with Crippen LogP contribution in [0, 0.1) is 6.92 Å². The van der Waals surface area contributed by atoms with E-state index < -0.39 is 5.97 Å². The summed E-state index contributed by atoms with van der Waals surface area (Å²) in [5.41, 5.74) is 2.69. The van der Waals surface area contributed by atoms with E-state index in [1.807, 2.05) is 61.3 Å². The highest BCUT2D eigenvalue weighted by Gasteiger charge is 2.16. The highest BCUT2D eigenvalue weighted by atomic mass is 16.5. The normalized spacial score (nSPS) is 10.5. The molecule has 1 heterocycles. The van der Waals surface area contributed by atoms with Crippen LogP contribution in [0.15, 0.2) is 60.8 Å². The van der Waals surface area contributed by atoms with Crippen molar-refractivity contribution in [2.45, 2.75) is 20.0 Å². The molecule has 0 radical (unpaired) electrons. The number of benzene rings is 2. The lowest BCUT2D eigenvalue weighted by molar-refractivity contribution is 0.0692. The van der Waals surface area contributed by atoms with Crippen molar-refractivity contribution in [3.63, 3.8) is 0 Å². The Morgan fingerprint density at radius 2 is 1.93 bits per heavy atom. The number of aryl methyl sites for hydroxylation is 1. The minimum atomic E-state index is -1.07. The number of hydrogen-bond acceptors (Lipinski definition) is 5. The van der Waals surface area contributed by atoms with E-state index in [4.69, 9.17) is 4.74 Å². The van der Waals surface area contributed by atoms with Crippen molar-refractivity contribution in [2.75, 3.05) is 18.5 Å². The van der Waals surface area contributed by atoms with E-state index in [0.717, 1.165) is 12.0 Å². The Labute approximate surface area is 164 Å². The topological polar surface area (TPSA) is 75.5 Å². The summed E-state index contributed by atoms with van der Waals surface area (Å²) in [5, 5.41) is 9.44. The first-order chi connectivity index (χ1) is 13.5. The lowest BCUT2D eigenvalue weighted by Crippen LogP contribution is -2.24. The molecule has 6 heteroatoms. The molecule has 28 heavy (non-hydrogen) atoms. The number of anilines is 1. The number of rotatable bonds is 8. The zero-order valence-corrected chi connectivity index (χ0v) is 16.0. The maximum Gasteiger partial charge on any atom is 0.339 e. The zero-order valence-electron chi connectivity index (χ0n) is 16.0. The third-order valence-corrected chi connectivity index (χ3v) is 4.37. The smallest absolute Gasteiger partial charge is 0.339 e. The molecule has 0 aliphatic heterocycles. The summed E-state index contributed by atoms with van der Waals surface area (Å²) < 4.78 is 5.76. The van der Waals surface area contributed by atoms with Gasteiger partial charge in [-0.25, -0.2) is 14.8 Å². The van der Waals surface area contributed by atoms with Gasteiger partial charge in [0.25, 0.3) is 0 Å². The second kappa shape index (κ2) is 8.99. The van der Waals surface area contributed by atoms with Crippen molar-refractivity contribution in [1.82, 2.24) is 9.97 Å². The lowest BCUT2D eigenvalue weighted by Gasteiger charge is -2.18. The van der Waals surface area contributed by atoms with E-state index in [0.29, 0.717) is 23.9 Å². The van der Waals surface area contributed by atoms with Crippen LogP contribution in [0.2, 0.25) is 0 Å². The maximum atomic E-state index is 11.5. The standard InChI is InChI=1S/C22H23N3O3/c1-16-7-6-10-18(13-16)28-15-20-19(21(26)27)14-23-22(24-20)25(2)12-11-17-8-4-3-5-9-17/h3-10,13-14H,11-12,15H2,1-2H3,(H,26,27). The Hall–Kier alpha value is -3.41. The van der Waals surface area contributed by atoms with Gasteiger partial charge in [0.1, 0.15) is 17.9 Å². The number of carbonyl (C=O) groups is 1. The second-order valence-corrected chi connectivity index (χ2v) is 6.60. The predicted molar refractivity (Wildman–Crippen MR) is 108 cm³/mol. The lowest BCUT2D eigenvalue weighted by atomic mass is 10.1. The SMILES string of the molecule is Cc1cccc(OCc2nc(N(C)CCc3ccccc3)ncc2C(=O)O)c1. The Bertz CT molecular complexity index is 945. The predicted octanol–water partition coefficient (Wildman–Crippen LogP) is 3.74. The van der Waals surface area contributed by atoms with Gasteiger partial charge in [0, 0.05) is 19.8 Å². The number of likely N-dealkylation sites (N-methyl/N-ethyl adjacent to an activating group) is 1. The number of hydrogen-bond donors (Lipinski definition) is 1. The molecule has 3 aromatic rings. The summed E-state index contributed by atoms with van der Waals surface area (Å²) in [6, 6.07) is 17.7. The second-order valence-electron chi connectivity index (χ2n) is 6.60. The van der Waals surface area contributed by atoms with Crippen molar-refractivity contribution in [2.24, 2.45) is 0 Å². The van der Waals surface area contributed by atoms with Gasteiger partial charge in [0.2, 0.25) is 5.95 Å². The van der Waals surface area contributed by atoms with Gasteiger partial charge in [-0.05, 0) is 36.6 Å². The Morgan fingerprint density at radius 3 is 2.64 bits per heavy atom. The molecular weight excluding hydrogens is 354 g/mol. The highest BCUT2D eigenvalue weighted by Crippen LogP contribution is 2.17. The van der Waals surface area contributed by atoms with Gasteiger partial charge >= 0.3 is 5.97 Å². The molecule has 6 nitrogen and oxygen atoms in total. The number of carboxylic acids is 1. The average molecular weight is 377 g/mol. The Morgan fingerprint density at radius 1 is 1.14 bits per heavy atom. The minimum absolute atomic E-state index is 0.0489. The van der Waals surface area contributed by atoms with E-state index >= 15 is 0 Å². The summed E-state index contributed by atoms with van der Waals surface area (Å²) in [6.07, 6.45) is 2.19. The Kier molecular flexibility index (Phi) is 6.22. The fraction of sp³-hybridized carbons (Fsp3) is 0.227. The molecular formula is C22H23N3O3. The molecule has 0 amide bonds. The quantitative estimate of drug-likeness (QED) is 0.644. The molecule has 0 saturated heterocycles. The molecule has 2 aromatic carbocycles. The van der Waals surface area contributed by atoms with E-state index in [2.05, 4.69) is 22.1 Å². The molecule has 3 rings (SSSR count). The molecule has 0 atom stereocenters. The van der Waals surface area contributed by atoms with Crippen LogP contribution in [0.5, 0.6) is 5.75 Å². The molecule has 0 aliphatic rings. The van der Waals surface area contributed by atoms with Gasteiger partial charge in [-0.15, -0.1) is 0 Å². The fourth-order valence-electron chi connectivity index (χ4n) is 2.78. The first kappa shape index (κ1) is 19.4. The van der Waals surface area contributed by atoms with Gasteiger partial charge in [0.15, 0.2) is 0 Å². The van der Waals surface area contributed by atoms with Gasteiger partial charge in [-0.1, -0.05) is 42.5 Å². The van der Waals surface area contributed by atoms with Crippen molar-refractivity contribution >= 4 is 11.9 Å². The number of carboxylic acid groups (broad SMARTS) is 1. The summed E-state index contributed by atoms with van der Waals surface area (Å²) in [6.45, 7) is 2.75. The first-order valence-corrected chi connectivity index (χ1v) is 9.06. The van der Waals surface area contributed by atoms with Gasteiger partial charge in [0.05, 0.1) is 5.69 Å². The molecule has 0 aliphatic carbocycles. The Balaban J connectivity index is 1.73. The average Bonchev–Trinajstić information content (AvgIpc) is 2.71. The van der Waals surface area contributed by atoms with Crippen LogP contribution in [0.1, 0.15) is 27.2 Å². The first-order valence-electron chi connectivity index (χ1n) is 9.06. The summed E-state index contributed by atoms with van der Waals surface area (Å²) in [4.78, 5) is 22.1. The van der Waals surface area contributed by atoms with Crippen LogP contribution >= 0.6 is 0 Å². The third-order valence-electron chi connectivity index (χ3n) is 4.37. The number of aromatic carboxylic acids is 1. The number of aromatic nitrogens is 2. The monoisotopic (exact) mass is 377 g/mol. The molecule has 0 fully saturated rings. The van der Waals surface area contributed by atoms with Crippen LogP contribution in [0.25, 0.3) is 0 Å². The van der Waals surface area contributed by atoms with Gasteiger partial charge in [-0.2, -0.15) is 0 Å². The molecule has 1 aromatic heterocycles. The molecule has 144 valence electrons. The van der Waals surface area contributed by atoms with E-state index in [-0.39, 0.29) is 12.2 Å². The van der Waals surface area contributed by atoms with E-state index in [1.54, 1.807) is 0 Å². The van der Waals surface area contributed by atoms with Gasteiger partial charge < -0.3 is 14.7 Å². The minimum Gasteiger partial charge on any atom is -0.487 e. The van der Waals surface area contributed by atoms with Crippen LogP contribution in [0.4, 0.5) is 5.95 Å². The van der Waals surface area contributed by atoms with Crippen molar-refractivity contribution in [3.05, 3.63) is 83.2 Å². The molecule has 1 N–H and O–H groups in total. The summed E-state index contributed by atoms with van der Waals surface area (Å²) >= 11 is 0. The van der Waals surface area contributed by atoms with Crippen molar-refractivity contribution in [3.8, 4) is 5.75 Å². The van der Waals surface area contributed by atoms with Crippen LogP contribution in [0.3, 0.4) is 0 Å². The summed E-state index contributed by atoms with van der Waals surface area (Å²) in [7, 11) is 1.89. The largest absolute Gasteiger partial charge is 0.487 e. The van der Waals surface area contributed by atoms with Crippen molar-refractivity contribution < 1.29 is 14.6 Å². The van der Waals surface area contributed by atoms with Crippen molar-refractivity contribution in [1.29, 1.82) is 0 Å². The maximum absolute atomic E-state index is 11.5. The van der Waals surface area contributed by atoms with Crippen LogP contribution in [-0.2, 0) is 13.0 Å². The molecule has 0 saturated carbocycles. The van der Waals surface area contributed by atoms with Gasteiger partial charge in [-0.3, -0.25) is 0 Å². The molecule has 0 unspecified atom stereocenters.